The molecule has 1 aliphatic rings. The van der Waals surface area contributed by atoms with Gasteiger partial charge in [-0.15, -0.1) is 0 Å². The van der Waals surface area contributed by atoms with Crippen LogP contribution < -0.4 is 11.3 Å². The maximum absolute atomic E-state index is 5.77. The minimum absolute atomic E-state index is 0.135. The van der Waals surface area contributed by atoms with Crippen molar-refractivity contribution in [3.8, 4) is 0 Å². The summed E-state index contributed by atoms with van der Waals surface area (Å²) in [6.45, 7) is 6.06. The molecule has 1 heterocycles. The number of nitrogens with one attached hydrogen (secondary N) is 1. The molecule has 1 unspecified atom stereocenters. The molecule has 0 aromatic heterocycles. The standard InChI is InChI=1S/C13H28N2O2/c1-11(2)5-4-6-12(15-14)13(16-3)7-9-17-10-8-13/h11-12,15H,4-10,14H2,1-3H3. The van der Waals surface area contributed by atoms with Crippen molar-refractivity contribution in [2.75, 3.05) is 20.3 Å². The van der Waals surface area contributed by atoms with Gasteiger partial charge in [0, 0.05) is 33.2 Å². The van der Waals surface area contributed by atoms with E-state index in [2.05, 4.69) is 19.3 Å². The molecular formula is C13H28N2O2. The molecule has 1 rings (SSSR count). The highest BCUT2D eigenvalue weighted by molar-refractivity contribution is 4.93. The Kier molecular flexibility index (Phi) is 6.41. The van der Waals surface area contributed by atoms with Gasteiger partial charge in [0.2, 0.25) is 0 Å². The van der Waals surface area contributed by atoms with Crippen LogP contribution in [-0.4, -0.2) is 32.0 Å². The van der Waals surface area contributed by atoms with Gasteiger partial charge in [-0.25, -0.2) is 0 Å². The van der Waals surface area contributed by atoms with E-state index in [0.717, 1.165) is 38.4 Å². The zero-order chi connectivity index (χ0) is 12.7. The summed E-state index contributed by atoms with van der Waals surface area (Å²) in [5.74, 6) is 6.46. The van der Waals surface area contributed by atoms with Crippen molar-refractivity contribution in [2.24, 2.45) is 11.8 Å². The van der Waals surface area contributed by atoms with Gasteiger partial charge in [0.1, 0.15) is 0 Å². The van der Waals surface area contributed by atoms with Gasteiger partial charge in [0.25, 0.3) is 0 Å². The van der Waals surface area contributed by atoms with Crippen LogP contribution in [0.15, 0.2) is 0 Å². The van der Waals surface area contributed by atoms with E-state index in [1.165, 1.54) is 12.8 Å². The first-order chi connectivity index (χ1) is 8.14. The van der Waals surface area contributed by atoms with E-state index >= 15 is 0 Å². The zero-order valence-electron chi connectivity index (χ0n) is 11.5. The van der Waals surface area contributed by atoms with Crippen LogP contribution >= 0.6 is 0 Å². The second kappa shape index (κ2) is 7.31. The number of hydrazine groups is 1. The molecule has 4 nitrogen and oxygen atoms in total. The lowest BCUT2D eigenvalue weighted by Crippen LogP contribution is -2.57. The molecule has 4 heteroatoms. The van der Waals surface area contributed by atoms with Gasteiger partial charge >= 0.3 is 0 Å². The average Bonchev–Trinajstić information content (AvgIpc) is 2.35. The number of nitrogens with two attached hydrogens (primary N) is 1. The second-order valence-corrected chi connectivity index (χ2v) is 5.43. The Balaban J connectivity index is 2.50. The van der Waals surface area contributed by atoms with E-state index in [-0.39, 0.29) is 11.6 Å². The first-order valence-corrected chi connectivity index (χ1v) is 6.73. The molecule has 1 saturated heterocycles. The summed E-state index contributed by atoms with van der Waals surface area (Å²) in [7, 11) is 1.79. The lowest BCUT2D eigenvalue weighted by molar-refractivity contribution is -0.112. The van der Waals surface area contributed by atoms with Crippen molar-refractivity contribution >= 4 is 0 Å². The molecule has 1 atom stereocenters. The predicted octanol–water partition coefficient (Wildman–Crippen LogP) is 1.84. The Hall–Kier alpha value is -0.160. The molecule has 0 aromatic carbocycles. The van der Waals surface area contributed by atoms with Crippen LogP contribution in [0, 0.1) is 5.92 Å². The molecule has 1 aliphatic heterocycles. The number of rotatable bonds is 7. The predicted molar refractivity (Wildman–Crippen MR) is 69.6 cm³/mol. The third kappa shape index (κ3) is 4.21. The van der Waals surface area contributed by atoms with Crippen LogP contribution in [-0.2, 0) is 9.47 Å². The van der Waals surface area contributed by atoms with E-state index < -0.39 is 0 Å². The van der Waals surface area contributed by atoms with Crippen molar-refractivity contribution in [2.45, 2.75) is 57.6 Å². The van der Waals surface area contributed by atoms with Crippen LogP contribution in [0.4, 0.5) is 0 Å². The van der Waals surface area contributed by atoms with Crippen molar-refractivity contribution in [3.05, 3.63) is 0 Å². The Morgan fingerprint density at radius 1 is 1.29 bits per heavy atom. The van der Waals surface area contributed by atoms with Gasteiger partial charge in [0.05, 0.1) is 11.6 Å². The quantitative estimate of drug-likeness (QED) is 0.530. The molecule has 0 bridgehead atoms. The van der Waals surface area contributed by atoms with Crippen molar-refractivity contribution in [3.63, 3.8) is 0 Å². The minimum atomic E-state index is -0.135. The number of hydrogen-bond acceptors (Lipinski definition) is 4. The average molecular weight is 244 g/mol. The monoisotopic (exact) mass is 244 g/mol. The van der Waals surface area contributed by atoms with Crippen LogP contribution in [0.3, 0.4) is 0 Å². The van der Waals surface area contributed by atoms with Crippen LogP contribution in [0.5, 0.6) is 0 Å². The summed E-state index contributed by atoms with van der Waals surface area (Å²) in [5, 5.41) is 0. The third-order valence-corrected chi connectivity index (χ3v) is 3.86. The fourth-order valence-corrected chi connectivity index (χ4v) is 2.64. The second-order valence-electron chi connectivity index (χ2n) is 5.43. The molecule has 17 heavy (non-hydrogen) atoms. The topological polar surface area (TPSA) is 56.5 Å². The number of methoxy groups -OCH3 is 1. The highest BCUT2D eigenvalue weighted by atomic mass is 16.5. The lowest BCUT2D eigenvalue weighted by Gasteiger charge is -2.42. The summed E-state index contributed by atoms with van der Waals surface area (Å²) in [4.78, 5) is 0. The first-order valence-electron chi connectivity index (χ1n) is 6.73. The van der Waals surface area contributed by atoms with Crippen molar-refractivity contribution in [1.82, 2.24) is 5.43 Å². The maximum atomic E-state index is 5.77. The molecule has 0 amide bonds. The van der Waals surface area contributed by atoms with Crippen molar-refractivity contribution in [1.29, 1.82) is 0 Å². The molecule has 1 fully saturated rings. The molecule has 102 valence electrons. The van der Waals surface area contributed by atoms with E-state index in [1.807, 2.05) is 0 Å². The molecular weight excluding hydrogens is 216 g/mol. The minimum Gasteiger partial charge on any atom is -0.381 e. The van der Waals surface area contributed by atoms with Gasteiger partial charge < -0.3 is 9.47 Å². The van der Waals surface area contributed by atoms with E-state index in [9.17, 15) is 0 Å². The Morgan fingerprint density at radius 3 is 2.41 bits per heavy atom. The highest BCUT2D eigenvalue weighted by Gasteiger charge is 2.39. The fourth-order valence-electron chi connectivity index (χ4n) is 2.64. The molecule has 0 aromatic rings. The SMILES string of the molecule is COC1(C(CCCC(C)C)NN)CCOCC1. The Labute approximate surface area is 105 Å². The zero-order valence-corrected chi connectivity index (χ0v) is 11.5. The lowest BCUT2D eigenvalue weighted by atomic mass is 9.83. The van der Waals surface area contributed by atoms with Crippen LogP contribution in [0.1, 0.15) is 46.0 Å². The Morgan fingerprint density at radius 2 is 1.94 bits per heavy atom. The van der Waals surface area contributed by atoms with E-state index in [1.54, 1.807) is 7.11 Å². The van der Waals surface area contributed by atoms with Gasteiger partial charge in [-0.1, -0.05) is 26.7 Å². The summed E-state index contributed by atoms with van der Waals surface area (Å²) in [6.07, 6.45) is 5.37. The van der Waals surface area contributed by atoms with Gasteiger partial charge in [-0.2, -0.15) is 0 Å². The normalized spacial score (nSPS) is 21.7. The third-order valence-electron chi connectivity index (χ3n) is 3.86. The largest absolute Gasteiger partial charge is 0.381 e. The summed E-state index contributed by atoms with van der Waals surface area (Å²) in [5.41, 5.74) is 2.82. The summed E-state index contributed by atoms with van der Waals surface area (Å²) in [6, 6.07) is 0.232. The summed E-state index contributed by atoms with van der Waals surface area (Å²) < 4.78 is 11.2. The van der Waals surface area contributed by atoms with Crippen molar-refractivity contribution < 1.29 is 9.47 Å². The van der Waals surface area contributed by atoms with Crippen LogP contribution in [0.2, 0.25) is 0 Å². The molecule has 3 N–H and O–H groups in total. The first kappa shape index (κ1) is 14.9. The molecule has 0 aliphatic carbocycles. The van der Waals surface area contributed by atoms with Gasteiger partial charge in [-0.05, 0) is 12.3 Å². The maximum Gasteiger partial charge on any atom is 0.0888 e. The van der Waals surface area contributed by atoms with Gasteiger partial charge in [-0.3, -0.25) is 11.3 Å². The number of hydrogen-bond donors (Lipinski definition) is 2. The highest BCUT2D eigenvalue weighted by Crippen LogP contribution is 2.30. The smallest absolute Gasteiger partial charge is 0.0888 e. The van der Waals surface area contributed by atoms with Gasteiger partial charge in [0.15, 0.2) is 0 Å². The molecule has 0 radical (unpaired) electrons. The van der Waals surface area contributed by atoms with Crippen LogP contribution in [0.25, 0.3) is 0 Å². The molecule has 0 saturated carbocycles. The molecule has 0 spiro atoms. The van der Waals surface area contributed by atoms with E-state index in [0.29, 0.717) is 0 Å². The summed E-state index contributed by atoms with van der Waals surface area (Å²) >= 11 is 0. The number of ether oxygens (including phenoxy) is 2. The fraction of sp³-hybridized carbons (Fsp3) is 1.00. The Bertz CT molecular complexity index is 204. The van der Waals surface area contributed by atoms with E-state index in [4.69, 9.17) is 15.3 Å².